The fourth-order valence-corrected chi connectivity index (χ4v) is 2.22. The molecule has 19 heavy (non-hydrogen) atoms. The maximum atomic E-state index is 12.4. The molecule has 0 spiro atoms. The normalized spacial score (nSPS) is 13.6. The maximum absolute atomic E-state index is 12.4. The van der Waals surface area contributed by atoms with E-state index in [4.69, 9.17) is 0 Å². The highest BCUT2D eigenvalue weighted by molar-refractivity contribution is 5.30. The summed E-state index contributed by atoms with van der Waals surface area (Å²) >= 11 is 0. The first-order valence-corrected chi connectivity index (χ1v) is 6.70. The highest BCUT2D eigenvalue weighted by atomic mass is 19.4. The monoisotopic (exact) mass is 273 g/mol. The summed E-state index contributed by atoms with van der Waals surface area (Å²) in [5.41, 5.74) is 3.13. The quantitative estimate of drug-likeness (QED) is 0.793. The Kier molecular flexibility index (Phi) is 5.85. The van der Waals surface area contributed by atoms with Crippen LogP contribution in [0.2, 0.25) is 0 Å². The molecule has 1 aromatic rings. The first kappa shape index (κ1) is 16.0. The lowest BCUT2D eigenvalue weighted by atomic mass is 9.97. The molecule has 0 fully saturated rings. The molecule has 0 radical (unpaired) electrons. The third kappa shape index (κ3) is 6.10. The second kappa shape index (κ2) is 6.94. The van der Waals surface area contributed by atoms with Crippen molar-refractivity contribution >= 4 is 0 Å². The van der Waals surface area contributed by atoms with Crippen molar-refractivity contribution in [1.82, 2.24) is 5.32 Å². The molecule has 0 aliphatic rings. The van der Waals surface area contributed by atoms with Gasteiger partial charge in [-0.2, -0.15) is 13.2 Å². The first-order chi connectivity index (χ1) is 8.81. The first-order valence-electron chi connectivity index (χ1n) is 6.70. The second-order valence-electron chi connectivity index (χ2n) is 5.08. The third-order valence-electron chi connectivity index (χ3n) is 3.00. The molecule has 1 atom stereocenters. The van der Waals surface area contributed by atoms with Crippen molar-refractivity contribution < 1.29 is 13.2 Å². The molecular weight excluding hydrogens is 251 g/mol. The topological polar surface area (TPSA) is 12.0 Å². The van der Waals surface area contributed by atoms with E-state index in [0.29, 0.717) is 0 Å². The Morgan fingerprint density at radius 2 is 1.68 bits per heavy atom. The Hall–Kier alpha value is -1.03. The van der Waals surface area contributed by atoms with Crippen LogP contribution < -0.4 is 5.32 Å². The predicted molar refractivity (Wildman–Crippen MR) is 72.2 cm³/mol. The highest BCUT2D eigenvalue weighted by Crippen LogP contribution is 2.28. The third-order valence-corrected chi connectivity index (χ3v) is 3.00. The molecule has 0 saturated carbocycles. The summed E-state index contributed by atoms with van der Waals surface area (Å²) in [5, 5.41) is 3.21. The van der Waals surface area contributed by atoms with E-state index >= 15 is 0 Å². The number of hydrogen-bond donors (Lipinski definition) is 1. The average molecular weight is 273 g/mol. The Bertz CT molecular complexity index is 379. The Labute approximate surface area is 113 Å². The molecule has 1 nitrogen and oxygen atoms in total. The summed E-state index contributed by atoms with van der Waals surface area (Å²) in [5.74, 6) is 0. The summed E-state index contributed by atoms with van der Waals surface area (Å²) in [6.45, 7) is 6.68. The zero-order chi connectivity index (χ0) is 14.5. The van der Waals surface area contributed by atoms with E-state index in [9.17, 15) is 13.2 Å². The number of aryl methyl sites for hydroxylation is 2. The molecule has 0 amide bonds. The van der Waals surface area contributed by atoms with Gasteiger partial charge in [-0.3, -0.25) is 0 Å². The van der Waals surface area contributed by atoms with Gasteiger partial charge in [0.15, 0.2) is 0 Å². The van der Waals surface area contributed by atoms with Gasteiger partial charge in [0.25, 0.3) is 0 Å². The minimum Gasteiger partial charge on any atom is -0.310 e. The SMILES string of the molecule is CCCNC(CCC(F)(F)F)c1cc(C)cc(C)c1. The van der Waals surface area contributed by atoms with Crippen molar-refractivity contribution in [3.05, 3.63) is 34.9 Å². The molecule has 1 rings (SSSR count). The van der Waals surface area contributed by atoms with Crippen molar-refractivity contribution in [2.45, 2.75) is 52.3 Å². The fraction of sp³-hybridized carbons (Fsp3) is 0.600. The van der Waals surface area contributed by atoms with Crippen LogP contribution >= 0.6 is 0 Å². The lowest BCUT2D eigenvalue weighted by molar-refractivity contribution is -0.136. The number of alkyl halides is 3. The van der Waals surface area contributed by atoms with Gasteiger partial charge in [0.05, 0.1) is 0 Å². The van der Waals surface area contributed by atoms with E-state index in [0.717, 1.165) is 29.7 Å². The van der Waals surface area contributed by atoms with E-state index in [-0.39, 0.29) is 12.5 Å². The van der Waals surface area contributed by atoms with Crippen LogP contribution in [0.5, 0.6) is 0 Å². The molecule has 1 unspecified atom stereocenters. The van der Waals surface area contributed by atoms with Crippen LogP contribution in [-0.2, 0) is 0 Å². The van der Waals surface area contributed by atoms with E-state index in [1.807, 2.05) is 39.0 Å². The van der Waals surface area contributed by atoms with Gasteiger partial charge in [0.2, 0.25) is 0 Å². The van der Waals surface area contributed by atoms with Gasteiger partial charge in [-0.15, -0.1) is 0 Å². The molecule has 1 N–H and O–H groups in total. The van der Waals surface area contributed by atoms with Crippen molar-refractivity contribution in [3.63, 3.8) is 0 Å². The predicted octanol–water partition coefficient (Wildman–Crippen LogP) is 4.69. The minimum absolute atomic E-state index is 0.0897. The number of nitrogens with one attached hydrogen (secondary N) is 1. The van der Waals surface area contributed by atoms with E-state index in [2.05, 4.69) is 5.32 Å². The molecule has 0 saturated heterocycles. The summed E-state index contributed by atoms with van der Waals surface area (Å²) < 4.78 is 37.2. The van der Waals surface area contributed by atoms with Crippen molar-refractivity contribution in [2.24, 2.45) is 0 Å². The van der Waals surface area contributed by atoms with E-state index < -0.39 is 12.6 Å². The molecule has 0 heterocycles. The van der Waals surface area contributed by atoms with Crippen LogP contribution in [0.3, 0.4) is 0 Å². The molecule has 0 aliphatic carbocycles. The van der Waals surface area contributed by atoms with E-state index in [1.54, 1.807) is 0 Å². The Morgan fingerprint density at radius 3 is 2.16 bits per heavy atom. The molecular formula is C15H22F3N. The zero-order valence-corrected chi connectivity index (χ0v) is 11.8. The largest absolute Gasteiger partial charge is 0.389 e. The van der Waals surface area contributed by atoms with Crippen molar-refractivity contribution in [1.29, 1.82) is 0 Å². The fourth-order valence-electron chi connectivity index (χ4n) is 2.22. The number of hydrogen-bond acceptors (Lipinski definition) is 1. The van der Waals surface area contributed by atoms with Crippen LogP contribution in [0.1, 0.15) is 48.9 Å². The standard InChI is InChI=1S/C15H22F3N/c1-4-7-19-14(5-6-15(16,17)18)13-9-11(2)8-12(3)10-13/h8-10,14,19H,4-7H2,1-3H3. The van der Waals surface area contributed by atoms with Gasteiger partial charge in [0, 0.05) is 12.5 Å². The highest BCUT2D eigenvalue weighted by Gasteiger charge is 2.28. The van der Waals surface area contributed by atoms with Gasteiger partial charge in [-0.05, 0) is 38.8 Å². The summed E-state index contributed by atoms with van der Waals surface area (Å²) in [6.07, 6.45) is -3.84. The molecule has 4 heteroatoms. The second-order valence-corrected chi connectivity index (χ2v) is 5.08. The lowest BCUT2D eigenvalue weighted by Gasteiger charge is -2.21. The number of rotatable bonds is 6. The summed E-state index contributed by atoms with van der Waals surface area (Å²) in [7, 11) is 0. The van der Waals surface area contributed by atoms with Gasteiger partial charge < -0.3 is 5.32 Å². The number of halogens is 3. The van der Waals surface area contributed by atoms with Crippen LogP contribution in [0.25, 0.3) is 0 Å². The molecule has 0 bridgehead atoms. The van der Waals surface area contributed by atoms with E-state index in [1.165, 1.54) is 0 Å². The van der Waals surface area contributed by atoms with Gasteiger partial charge in [-0.25, -0.2) is 0 Å². The van der Waals surface area contributed by atoms with Crippen LogP contribution in [0.15, 0.2) is 18.2 Å². The number of benzene rings is 1. The molecule has 1 aromatic carbocycles. The van der Waals surface area contributed by atoms with Crippen LogP contribution in [0.4, 0.5) is 13.2 Å². The summed E-state index contributed by atoms with van der Waals surface area (Å²) in [4.78, 5) is 0. The Balaban J connectivity index is 2.82. The summed E-state index contributed by atoms with van der Waals surface area (Å²) in [6, 6.07) is 5.75. The Morgan fingerprint density at radius 1 is 1.11 bits per heavy atom. The van der Waals surface area contributed by atoms with Gasteiger partial charge in [-0.1, -0.05) is 36.2 Å². The van der Waals surface area contributed by atoms with Gasteiger partial charge in [0.1, 0.15) is 0 Å². The molecule has 0 aromatic heterocycles. The van der Waals surface area contributed by atoms with Crippen LogP contribution in [-0.4, -0.2) is 12.7 Å². The smallest absolute Gasteiger partial charge is 0.310 e. The maximum Gasteiger partial charge on any atom is 0.389 e. The van der Waals surface area contributed by atoms with Gasteiger partial charge >= 0.3 is 6.18 Å². The van der Waals surface area contributed by atoms with Crippen molar-refractivity contribution in [3.8, 4) is 0 Å². The van der Waals surface area contributed by atoms with Crippen molar-refractivity contribution in [2.75, 3.05) is 6.54 Å². The zero-order valence-electron chi connectivity index (χ0n) is 11.8. The lowest BCUT2D eigenvalue weighted by Crippen LogP contribution is -2.24. The average Bonchev–Trinajstić information content (AvgIpc) is 2.26. The van der Waals surface area contributed by atoms with Crippen LogP contribution in [0, 0.1) is 13.8 Å². The molecule has 108 valence electrons. The molecule has 0 aliphatic heterocycles. The minimum atomic E-state index is -4.09.